The lowest BCUT2D eigenvalue weighted by molar-refractivity contribution is -0.143. The van der Waals surface area contributed by atoms with Gasteiger partial charge in [-0.25, -0.2) is 0 Å². The van der Waals surface area contributed by atoms with Gasteiger partial charge in [0.1, 0.15) is 11.8 Å². The first-order valence-corrected chi connectivity index (χ1v) is 12.1. The molecule has 2 amide bonds. The number of aryl methyl sites for hydroxylation is 3. The molecule has 2 aromatic carbocycles. The number of rotatable bonds is 9. The molecular weight excluding hydrogens is 412 g/mol. The molecule has 1 aliphatic rings. The average molecular weight is 451 g/mol. The second kappa shape index (κ2) is 11.4. The highest BCUT2D eigenvalue weighted by molar-refractivity contribution is 5.88. The van der Waals surface area contributed by atoms with Crippen LogP contribution in [0.5, 0.6) is 5.75 Å². The van der Waals surface area contributed by atoms with Gasteiger partial charge in [-0.3, -0.25) is 9.59 Å². The van der Waals surface area contributed by atoms with Crippen LogP contribution < -0.4 is 10.1 Å². The van der Waals surface area contributed by atoms with E-state index in [-0.39, 0.29) is 24.5 Å². The first-order valence-electron chi connectivity index (χ1n) is 12.1. The van der Waals surface area contributed by atoms with E-state index in [9.17, 15) is 9.59 Å². The lowest BCUT2D eigenvalue weighted by atomic mass is 10.1. The fourth-order valence-corrected chi connectivity index (χ4v) is 4.63. The molecule has 0 heterocycles. The van der Waals surface area contributed by atoms with E-state index in [0.29, 0.717) is 13.0 Å². The van der Waals surface area contributed by atoms with Gasteiger partial charge in [0.25, 0.3) is 5.91 Å². The van der Waals surface area contributed by atoms with Crippen molar-refractivity contribution in [3.8, 4) is 5.75 Å². The van der Waals surface area contributed by atoms with E-state index in [2.05, 4.69) is 11.4 Å². The molecule has 0 aromatic heterocycles. The Morgan fingerprint density at radius 1 is 1.06 bits per heavy atom. The predicted octanol–water partition coefficient (Wildman–Crippen LogP) is 5.17. The van der Waals surface area contributed by atoms with Crippen molar-refractivity contribution < 1.29 is 14.3 Å². The SMILES string of the molecule is CC[C@@H](C(=O)NC1CCCC1)N(Cc1ccccc1C)C(=O)COc1cc(C)cc(C)c1C. The van der Waals surface area contributed by atoms with Gasteiger partial charge in [-0.05, 0) is 80.8 Å². The zero-order chi connectivity index (χ0) is 24.0. The van der Waals surface area contributed by atoms with Crippen LogP contribution in [-0.2, 0) is 16.1 Å². The first-order chi connectivity index (χ1) is 15.8. The van der Waals surface area contributed by atoms with E-state index in [1.165, 1.54) is 0 Å². The zero-order valence-corrected chi connectivity index (χ0v) is 20.7. The average Bonchev–Trinajstić information content (AvgIpc) is 3.29. The standard InChI is InChI=1S/C28H38N2O3/c1-6-25(28(32)29-24-13-9-10-14-24)30(17-23-12-8-7-11-20(23)3)27(31)18-33-26-16-19(2)15-21(4)22(26)5/h7-8,11-12,15-16,24-25H,6,9-10,13-14,17-18H2,1-5H3,(H,29,32)/t25-/m0/s1. The van der Waals surface area contributed by atoms with Gasteiger partial charge in [-0.2, -0.15) is 0 Å². The Hall–Kier alpha value is -2.82. The van der Waals surface area contributed by atoms with Crippen LogP contribution in [0.4, 0.5) is 0 Å². The van der Waals surface area contributed by atoms with Crippen molar-refractivity contribution >= 4 is 11.8 Å². The van der Waals surface area contributed by atoms with Gasteiger partial charge < -0.3 is 15.0 Å². The van der Waals surface area contributed by atoms with Crippen LogP contribution in [0.2, 0.25) is 0 Å². The topological polar surface area (TPSA) is 58.6 Å². The minimum Gasteiger partial charge on any atom is -0.483 e. The highest BCUT2D eigenvalue weighted by Crippen LogP contribution is 2.24. The third-order valence-corrected chi connectivity index (χ3v) is 6.80. The number of carbonyl (C=O) groups is 2. The second-order valence-corrected chi connectivity index (χ2v) is 9.36. The minimum absolute atomic E-state index is 0.0612. The van der Waals surface area contributed by atoms with Gasteiger partial charge >= 0.3 is 0 Å². The largest absolute Gasteiger partial charge is 0.483 e. The molecule has 1 atom stereocenters. The number of hydrogen-bond acceptors (Lipinski definition) is 3. The predicted molar refractivity (Wildman–Crippen MR) is 132 cm³/mol. The quantitative estimate of drug-likeness (QED) is 0.574. The highest BCUT2D eigenvalue weighted by atomic mass is 16.5. The number of nitrogens with one attached hydrogen (secondary N) is 1. The maximum atomic E-state index is 13.5. The summed E-state index contributed by atoms with van der Waals surface area (Å²) in [7, 11) is 0. The number of hydrogen-bond donors (Lipinski definition) is 1. The molecule has 3 rings (SSSR count). The maximum Gasteiger partial charge on any atom is 0.261 e. The summed E-state index contributed by atoms with van der Waals surface area (Å²) in [6, 6.07) is 11.8. The third kappa shape index (κ3) is 6.37. The summed E-state index contributed by atoms with van der Waals surface area (Å²) in [5.41, 5.74) is 5.41. The molecule has 33 heavy (non-hydrogen) atoms. The Morgan fingerprint density at radius 2 is 1.76 bits per heavy atom. The molecule has 0 aliphatic heterocycles. The van der Waals surface area contributed by atoms with Crippen LogP contribution >= 0.6 is 0 Å². The van der Waals surface area contributed by atoms with Crippen molar-refractivity contribution in [3.05, 3.63) is 64.2 Å². The lowest BCUT2D eigenvalue weighted by Gasteiger charge is -2.32. The third-order valence-electron chi connectivity index (χ3n) is 6.80. The molecule has 5 heteroatoms. The summed E-state index contributed by atoms with van der Waals surface area (Å²) in [5, 5.41) is 3.19. The monoisotopic (exact) mass is 450 g/mol. The molecule has 1 aliphatic carbocycles. The fourth-order valence-electron chi connectivity index (χ4n) is 4.63. The number of amides is 2. The Labute approximate surface area is 198 Å². The van der Waals surface area contributed by atoms with E-state index < -0.39 is 6.04 Å². The van der Waals surface area contributed by atoms with E-state index >= 15 is 0 Å². The molecule has 0 bridgehead atoms. The van der Waals surface area contributed by atoms with E-state index in [0.717, 1.165) is 59.3 Å². The van der Waals surface area contributed by atoms with E-state index in [1.807, 2.05) is 65.0 Å². The van der Waals surface area contributed by atoms with Crippen molar-refractivity contribution in [2.45, 2.75) is 85.4 Å². The van der Waals surface area contributed by atoms with Gasteiger partial charge in [-0.1, -0.05) is 50.1 Å². The van der Waals surface area contributed by atoms with Gasteiger partial charge in [-0.15, -0.1) is 0 Å². The van der Waals surface area contributed by atoms with Crippen LogP contribution in [0.15, 0.2) is 36.4 Å². The summed E-state index contributed by atoms with van der Waals surface area (Å²) in [6.07, 6.45) is 4.89. The van der Waals surface area contributed by atoms with Crippen molar-refractivity contribution in [2.24, 2.45) is 0 Å². The van der Waals surface area contributed by atoms with E-state index in [1.54, 1.807) is 4.90 Å². The maximum absolute atomic E-state index is 13.5. The molecule has 178 valence electrons. The zero-order valence-electron chi connectivity index (χ0n) is 20.7. The number of ether oxygens (including phenoxy) is 1. The fraction of sp³-hybridized carbons (Fsp3) is 0.500. The summed E-state index contributed by atoms with van der Waals surface area (Å²) in [5.74, 6) is 0.485. The molecule has 1 N–H and O–H groups in total. The van der Waals surface area contributed by atoms with Gasteiger partial charge in [0.2, 0.25) is 5.91 Å². The van der Waals surface area contributed by atoms with Crippen molar-refractivity contribution in [1.29, 1.82) is 0 Å². The molecule has 2 aromatic rings. The molecule has 0 radical (unpaired) electrons. The minimum atomic E-state index is -0.526. The van der Waals surface area contributed by atoms with Crippen LogP contribution in [-0.4, -0.2) is 35.4 Å². The molecule has 5 nitrogen and oxygen atoms in total. The van der Waals surface area contributed by atoms with Crippen LogP contribution in [0.3, 0.4) is 0 Å². The molecule has 1 fully saturated rings. The van der Waals surface area contributed by atoms with Crippen LogP contribution in [0.1, 0.15) is 66.8 Å². The van der Waals surface area contributed by atoms with Crippen molar-refractivity contribution in [2.75, 3.05) is 6.61 Å². The van der Waals surface area contributed by atoms with Gasteiger partial charge in [0, 0.05) is 12.6 Å². The second-order valence-electron chi connectivity index (χ2n) is 9.36. The highest BCUT2D eigenvalue weighted by Gasteiger charge is 2.31. The van der Waals surface area contributed by atoms with Crippen LogP contribution in [0.25, 0.3) is 0 Å². The number of benzene rings is 2. The first kappa shape index (κ1) is 24.8. The molecule has 0 unspecified atom stereocenters. The Kier molecular flexibility index (Phi) is 8.54. The van der Waals surface area contributed by atoms with Crippen molar-refractivity contribution in [1.82, 2.24) is 10.2 Å². The molecule has 0 spiro atoms. The van der Waals surface area contributed by atoms with Crippen molar-refractivity contribution in [3.63, 3.8) is 0 Å². The summed E-state index contributed by atoms with van der Waals surface area (Å²) in [4.78, 5) is 28.4. The Balaban J connectivity index is 1.81. The summed E-state index contributed by atoms with van der Waals surface area (Å²) >= 11 is 0. The number of nitrogens with zero attached hydrogens (tertiary/aromatic N) is 1. The molecule has 1 saturated carbocycles. The number of carbonyl (C=O) groups excluding carboxylic acids is 2. The van der Waals surface area contributed by atoms with Gasteiger partial charge in [0.05, 0.1) is 0 Å². The molecular formula is C28H38N2O3. The Morgan fingerprint density at radius 3 is 2.42 bits per heavy atom. The van der Waals surface area contributed by atoms with Crippen LogP contribution in [0, 0.1) is 27.7 Å². The van der Waals surface area contributed by atoms with E-state index in [4.69, 9.17) is 4.74 Å². The lowest BCUT2D eigenvalue weighted by Crippen LogP contribution is -2.52. The summed E-state index contributed by atoms with van der Waals surface area (Å²) in [6.45, 7) is 10.4. The van der Waals surface area contributed by atoms with Gasteiger partial charge in [0.15, 0.2) is 6.61 Å². The normalized spacial score (nSPS) is 14.7. The Bertz CT molecular complexity index is 979. The molecule has 0 saturated heterocycles. The summed E-state index contributed by atoms with van der Waals surface area (Å²) < 4.78 is 5.99. The smallest absolute Gasteiger partial charge is 0.261 e.